The molecule has 2 amide bonds. The number of urea groups is 1. The van der Waals surface area contributed by atoms with Crippen molar-refractivity contribution in [3.05, 3.63) is 47.0 Å². The molecule has 0 spiro atoms. The van der Waals surface area contributed by atoms with E-state index in [-0.39, 0.29) is 11.6 Å². The number of thiazole rings is 1. The molecular weight excluding hydrogens is 278 g/mol. The van der Waals surface area contributed by atoms with E-state index < -0.39 is 5.97 Å². The molecule has 104 valence electrons. The lowest BCUT2D eigenvalue weighted by Gasteiger charge is -2.17. The average Bonchev–Trinajstić information content (AvgIpc) is 2.92. The van der Waals surface area contributed by atoms with Crippen LogP contribution < -0.4 is 5.32 Å². The summed E-state index contributed by atoms with van der Waals surface area (Å²) >= 11 is 1.35. The van der Waals surface area contributed by atoms with Gasteiger partial charge in [0.1, 0.15) is 0 Å². The highest BCUT2D eigenvalue weighted by Gasteiger charge is 2.11. The number of aromatic nitrogens is 1. The van der Waals surface area contributed by atoms with Gasteiger partial charge in [0, 0.05) is 25.2 Å². The first-order chi connectivity index (χ1) is 9.56. The Morgan fingerprint density at radius 3 is 2.60 bits per heavy atom. The van der Waals surface area contributed by atoms with E-state index in [4.69, 9.17) is 5.11 Å². The van der Waals surface area contributed by atoms with Gasteiger partial charge in [-0.25, -0.2) is 14.6 Å². The van der Waals surface area contributed by atoms with Crippen molar-refractivity contribution < 1.29 is 14.7 Å². The molecule has 0 saturated carbocycles. The van der Waals surface area contributed by atoms with E-state index >= 15 is 0 Å². The summed E-state index contributed by atoms with van der Waals surface area (Å²) in [7, 11) is 1.66. The number of aromatic carboxylic acids is 1. The van der Waals surface area contributed by atoms with E-state index in [0.29, 0.717) is 11.7 Å². The van der Waals surface area contributed by atoms with Crippen LogP contribution in [0.1, 0.15) is 15.9 Å². The van der Waals surface area contributed by atoms with Crippen molar-refractivity contribution in [2.45, 2.75) is 6.54 Å². The fourth-order valence-electron chi connectivity index (χ4n) is 1.57. The topological polar surface area (TPSA) is 82.5 Å². The zero-order chi connectivity index (χ0) is 14.5. The fourth-order valence-corrected chi connectivity index (χ4v) is 2.09. The summed E-state index contributed by atoms with van der Waals surface area (Å²) in [5, 5.41) is 13.8. The number of benzene rings is 1. The lowest BCUT2D eigenvalue weighted by molar-refractivity contribution is 0.0697. The minimum atomic E-state index is -0.966. The zero-order valence-electron chi connectivity index (χ0n) is 10.7. The number of amides is 2. The third kappa shape index (κ3) is 3.55. The van der Waals surface area contributed by atoms with Gasteiger partial charge >= 0.3 is 12.0 Å². The maximum atomic E-state index is 11.9. The summed E-state index contributed by atoms with van der Waals surface area (Å²) in [5.74, 6) is -0.966. The molecule has 0 bridgehead atoms. The molecule has 0 radical (unpaired) electrons. The second kappa shape index (κ2) is 6.16. The van der Waals surface area contributed by atoms with Crippen molar-refractivity contribution in [3.63, 3.8) is 0 Å². The van der Waals surface area contributed by atoms with Gasteiger partial charge in [-0.3, -0.25) is 5.32 Å². The molecule has 0 saturated heterocycles. The molecule has 0 aliphatic heterocycles. The molecule has 2 aromatic rings. The van der Waals surface area contributed by atoms with Gasteiger partial charge in [-0.05, 0) is 17.7 Å². The molecule has 2 N–H and O–H groups in total. The van der Waals surface area contributed by atoms with Gasteiger partial charge in [0.25, 0.3) is 0 Å². The van der Waals surface area contributed by atoms with Gasteiger partial charge in [-0.15, -0.1) is 11.3 Å². The third-order valence-corrected chi connectivity index (χ3v) is 3.30. The van der Waals surface area contributed by atoms with Gasteiger partial charge in [0.05, 0.1) is 5.56 Å². The van der Waals surface area contributed by atoms with Crippen LogP contribution in [0.5, 0.6) is 0 Å². The van der Waals surface area contributed by atoms with Crippen LogP contribution in [-0.4, -0.2) is 34.0 Å². The molecule has 0 atom stereocenters. The first-order valence-electron chi connectivity index (χ1n) is 5.80. The van der Waals surface area contributed by atoms with E-state index in [2.05, 4.69) is 10.3 Å². The summed E-state index contributed by atoms with van der Waals surface area (Å²) in [6.45, 7) is 0.386. The van der Waals surface area contributed by atoms with Crippen LogP contribution in [0.15, 0.2) is 35.8 Å². The van der Waals surface area contributed by atoms with Gasteiger partial charge in [0.2, 0.25) is 0 Å². The van der Waals surface area contributed by atoms with Crippen LogP contribution in [0.4, 0.5) is 9.93 Å². The largest absolute Gasteiger partial charge is 0.478 e. The van der Waals surface area contributed by atoms with Crippen LogP contribution in [-0.2, 0) is 6.54 Å². The van der Waals surface area contributed by atoms with Crippen molar-refractivity contribution in [3.8, 4) is 0 Å². The Morgan fingerprint density at radius 2 is 2.05 bits per heavy atom. The SMILES string of the molecule is CN(Cc1ccc(C(=O)O)cc1)C(=O)Nc1nccs1. The highest BCUT2D eigenvalue weighted by molar-refractivity contribution is 7.13. The summed E-state index contributed by atoms with van der Waals surface area (Å²) in [6, 6.07) is 6.16. The van der Waals surface area contributed by atoms with Crippen LogP contribution in [0, 0.1) is 0 Å². The fraction of sp³-hybridized carbons (Fsp3) is 0.154. The van der Waals surface area contributed by atoms with Crippen LogP contribution in [0.25, 0.3) is 0 Å². The monoisotopic (exact) mass is 291 g/mol. The number of anilines is 1. The van der Waals surface area contributed by atoms with Gasteiger partial charge < -0.3 is 10.0 Å². The Balaban J connectivity index is 1.95. The molecule has 0 aliphatic carbocycles. The van der Waals surface area contributed by atoms with E-state index in [9.17, 15) is 9.59 Å². The number of nitrogens with one attached hydrogen (secondary N) is 1. The predicted molar refractivity (Wildman–Crippen MR) is 76.0 cm³/mol. The van der Waals surface area contributed by atoms with Crippen LogP contribution >= 0.6 is 11.3 Å². The van der Waals surface area contributed by atoms with Gasteiger partial charge in [0.15, 0.2) is 5.13 Å². The second-order valence-corrected chi connectivity index (χ2v) is 5.02. The molecule has 20 heavy (non-hydrogen) atoms. The minimum absolute atomic E-state index is 0.226. The van der Waals surface area contributed by atoms with Gasteiger partial charge in [-0.1, -0.05) is 12.1 Å². The van der Waals surface area contributed by atoms with Crippen molar-refractivity contribution >= 4 is 28.5 Å². The number of carbonyl (C=O) groups is 2. The Kier molecular flexibility index (Phi) is 4.31. The number of hydrogen-bond donors (Lipinski definition) is 2. The van der Waals surface area contributed by atoms with E-state index in [1.54, 1.807) is 30.8 Å². The minimum Gasteiger partial charge on any atom is -0.478 e. The lowest BCUT2D eigenvalue weighted by Crippen LogP contribution is -2.30. The van der Waals surface area contributed by atoms with Gasteiger partial charge in [-0.2, -0.15) is 0 Å². The summed E-state index contributed by atoms with van der Waals surface area (Å²) in [4.78, 5) is 28.1. The van der Waals surface area contributed by atoms with Crippen molar-refractivity contribution in [2.24, 2.45) is 0 Å². The number of hydrogen-bond acceptors (Lipinski definition) is 4. The third-order valence-electron chi connectivity index (χ3n) is 2.61. The Hall–Kier alpha value is -2.41. The van der Waals surface area contributed by atoms with E-state index in [1.807, 2.05) is 0 Å². The number of carboxylic acid groups (broad SMARTS) is 1. The Labute approximate surface area is 119 Å². The Bertz CT molecular complexity index is 596. The van der Waals surface area contributed by atoms with E-state index in [0.717, 1.165) is 5.56 Å². The first kappa shape index (κ1) is 14.0. The molecule has 1 aromatic heterocycles. The van der Waals surface area contributed by atoms with Crippen molar-refractivity contribution in [1.82, 2.24) is 9.88 Å². The summed E-state index contributed by atoms with van der Waals surface area (Å²) in [6.07, 6.45) is 1.62. The summed E-state index contributed by atoms with van der Waals surface area (Å²) < 4.78 is 0. The Morgan fingerprint density at radius 1 is 1.35 bits per heavy atom. The molecule has 7 heteroatoms. The highest BCUT2D eigenvalue weighted by Crippen LogP contribution is 2.12. The molecule has 0 fully saturated rings. The normalized spacial score (nSPS) is 10.1. The maximum Gasteiger partial charge on any atom is 0.335 e. The standard InChI is InChI=1S/C13H13N3O3S/c1-16(13(19)15-12-14-6-7-20-12)8-9-2-4-10(5-3-9)11(17)18/h2-7H,8H2,1H3,(H,17,18)(H,14,15,19). The number of carbonyl (C=O) groups excluding carboxylic acids is 1. The van der Waals surface area contributed by atoms with Crippen molar-refractivity contribution in [1.29, 1.82) is 0 Å². The lowest BCUT2D eigenvalue weighted by atomic mass is 10.1. The molecule has 2 rings (SSSR count). The number of carboxylic acids is 1. The molecular formula is C13H13N3O3S. The second-order valence-electron chi connectivity index (χ2n) is 4.13. The van der Waals surface area contributed by atoms with Crippen molar-refractivity contribution in [2.75, 3.05) is 12.4 Å². The molecule has 0 aliphatic rings. The van der Waals surface area contributed by atoms with Crippen LogP contribution in [0.3, 0.4) is 0 Å². The summed E-state index contributed by atoms with van der Waals surface area (Å²) in [5.41, 5.74) is 1.08. The zero-order valence-corrected chi connectivity index (χ0v) is 11.6. The molecule has 6 nitrogen and oxygen atoms in total. The maximum absolute atomic E-state index is 11.9. The number of rotatable bonds is 4. The first-order valence-corrected chi connectivity index (χ1v) is 6.68. The highest BCUT2D eigenvalue weighted by atomic mass is 32.1. The molecule has 0 unspecified atom stereocenters. The predicted octanol–water partition coefficient (Wildman–Crippen LogP) is 2.51. The quantitative estimate of drug-likeness (QED) is 0.906. The van der Waals surface area contributed by atoms with E-state index in [1.165, 1.54) is 28.4 Å². The number of nitrogens with zero attached hydrogens (tertiary/aromatic N) is 2. The molecule has 1 aromatic carbocycles. The molecule has 1 heterocycles. The van der Waals surface area contributed by atoms with Crippen LogP contribution in [0.2, 0.25) is 0 Å². The smallest absolute Gasteiger partial charge is 0.335 e. The average molecular weight is 291 g/mol.